The van der Waals surface area contributed by atoms with Crippen molar-refractivity contribution in [2.75, 3.05) is 7.11 Å². The Bertz CT molecular complexity index is 453. The number of ether oxygens (including phenoxy) is 1. The molecule has 0 heterocycles. The highest BCUT2D eigenvalue weighted by atomic mass is 16.5. The lowest BCUT2D eigenvalue weighted by Gasteiger charge is -2.16. The maximum atomic E-state index is 10.4. The second kappa shape index (κ2) is 6.07. The Kier molecular flexibility index (Phi) is 4.74. The summed E-state index contributed by atoms with van der Waals surface area (Å²) in [5.41, 5.74) is 0.496. The number of rotatable bonds is 5. The van der Waals surface area contributed by atoms with Gasteiger partial charge in [-0.25, -0.2) is 4.79 Å². The van der Waals surface area contributed by atoms with Crippen LogP contribution in [0.15, 0.2) is 30.4 Å². The first-order chi connectivity index (χ1) is 8.45. The van der Waals surface area contributed by atoms with Gasteiger partial charge in [-0.3, -0.25) is 0 Å². The first-order valence-corrected chi connectivity index (χ1v) is 5.41. The van der Waals surface area contributed by atoms with Crippen molar-refractivity contribution in [3.63, 3.8) is 0 Å². The van der Waals surface area contributed by atoms with Crippen LogP contribution in [-0.2, 0) is 4.79 Å². The number of benzene rings is 1. The van der Waals surface area contributed by atoms with Crippen LogP contribution < -0.4 is 4.74 Å². The predicted molar refractivity (Wildman–Crippen MR) is 65.6 cm³/mol. The van der Waals surface area contributed by atoms with E-state index in [9.17, 15) is 15.0 Å². The topological polar surface area (TPSA) is 87.0 Å². The Labute approximate surface area is 105 Å². The molecule has 0 bridgehead atoms. The monoisotopic (exact) mass is 252 g/mol. The molecule has 18 heavy (non-hydrogen) atoms. The van der Waals surface area contributed by atoms with Gasteiger partial charge in [0.15, 0.2) is 11.5 Å². The van der Waals surface area contributed by atoms with Gasteiger partial charge in [0.05, 0.1) is 13.2 Å². The predicted octanol–water partition coefficient (Wildman–Crippen LogP) is 1.71. The van der Waals surface area contributed by atoms with Crippen LogP contribution in [-0.4, -0.2) is 28.4 Å². The fourth-order valence-electron chi connectivity index (χ4n) is 1.53. The van der Waals surface area contributed by atoms with Crippen LogP contribution >= 0.6 is 0 Å². The molecule has 3 N–H and O–H groups in total. The lowest BCUT2D eigenvalue weighted by Crippen LogP contribution is -2.07. The van der Waals surface area contributed by atoms with Crippen LogP contribution in [0.3, 0.4) is 0 Å². The van der Waals surface area contributed by atoms with E-state index in [-0.39, 0.29) is 11.7 Å². The largest absolute Gasteiger partial charge is 0.504 e. The number of methoxy groups -OCH3 is 1. The molecule has 0 fully saturated rings. The normalized spacial score (nSPS) is 14.4. The zero-order valence-corrected chi connectivity index (χ0v) is 10.2. The second-order valence-corrected chi connectivity index (χ2v) is 3.93. The Morgan fingerprint density at radius 1 is 1.44 bits per heavy atom. The Morgan fingerprint density at radius 3 is 2.61 bits per heavy atom. The molecule has 0 aliphatic rings. The van der Waals surface area contributed by atoms with Crippen LogP contribution in [0, 0.1) is 5.92 Å². The first kappa shape index (κ1) is 14.1. The smallest absolute Gasteiger partial charge is 0.327 e. The quantitative estimate of drug-likeness (QED) is 0.694. The Morgan fingerprint density at radius 2 is 2.11 bits per heavy atom. The number of carbonyl (C=O) groups is 1. The van der Waals surface area contributed by atoms with Gasteiger partial charge in [-0.1, -0.05) is 19.1 Å². The number of carboxylic acids is 1. The molecule has 0 unspecified atom stereocenters. The summed E-state index contributed by atoms with van der Waals surface area (Å²) < 4.78 is 4.90. The highest BCUT2D eigenvalue weighted by molar-refractivity contribution is 5.79. The van der Waals surface area contributed by atoms with Crippen molar-refractivity contribution in [1.82, 2.24) is 0 Å². The average Bonchev–Trinajstić information content (AvgIpc) is 2.34. The molecule has 0 aliphatic carbocycles. The molecule has 0 spiro atoms. The van der Waals surface area contributed by atoms with Gasteiger partial charge in [0.1, 0.15) is 0 Å². The third kappa shape index (κ3) is 3.49. The molecule has 98 valence electrons. The number of phenolic OH excluding ortho intramolecular Hbond substituents is 1. The average molecular weight is 252 g/mol. The Hall–Kier alpha value is -2.01. The van der Waals surface area contributed by atoms with E-state index in [1.807, 2.05) is 0 Å². The van der Waals surface area contributed by atoms with Crippen LogP contribution in [0.1, 0.15) is 18.6 Å². The van der Waals surface area contributed by atoms with Crippen molar-refractivity contribution in [2.24, 2.45) is 5.92 Å². The van der Waals surface area contributed by atoms with E-state index in [0.29, 0.717) is 11.3 Å². The zero-order valence-electron chi connectivity index (χ0n) is 10.2. The van der Waals surface area contributed by atoms with Crippen molar-refractivity contribution >= 4 is 5.97 Å². The molecule has 5 heteroatoms. The highest BCUT2D eigenvalue weighted by Gasteiger charge is 2.16. The van der Waals surface area contributed by atoms with Crippen molar-refractivity contribution in [3.8, 4) is 11.5 Å². The Balaban J connectivity index is 2.86. The highest BCUT2D eigenvalue weighted by Crippen LogP contribution is 2.31. The number of hydrogen-bond acceptors (Lipinski definition) is 4. The van der Waals surface area contributed by atoms with Crippen LogP contribution in [0.2, 0.25) is 0 Å². The fraction of sp³-hybridized carbons (Fsp3) is 0.308. The van der Waals surface area contributed by atoms with E-state index >= 15 is 0 Å². The summed E-state index contributed by atoms with van der Waals surface area (Å²) in [6.07, 6.45) is 1.49. The van der Waals surface area contributed by atoms with Gasteiger partial charge in [0.25, 0.3) is 0 Å². The lowest BCUT2D eigenvalue weighted by atomic mass is 9.96. The second-order valence-electron chi connectivity index (χ2n) is 3.93. The molecule has 1 aromatic rings. The summed E-state index contributed by atoms with van der Waals surface area (Å²) in [5.74, 6) is -1.19. The van der Waals surface area contributed by atoms with E-state index in [1.54, 1.807) is 19.1 Å². The van der Waals surface area contributed by atoms with Crippen LogP contribution in [0.25, 0.3) is 0 Å². The molecule has 0 aromatic heterocycles. The first-order valence-electron chi connectivity index (χ1n) is 5.41. The van der Waals surface area contributed by atoms with Crippen LogP contribution in [0.4, 0.5) is 0 Å². The van der Waals surface area contributed by atoms with Gasteiger partial charge in [-0.05, 0) is 17.7 Å². The minimum Gasteiger partial charge on any atom is -0.504 e. The van der Waals surface area contributed by atoms with Gasteiger partial charge in [-0.15, -0.1) is 0 Å². The van der Waals surface area contributed by atoms with Crippen molar-refractivity contribution < 1.29 is 24.9 Å². The van der Waals surface area contributed by atoms with E-state index < -0.39 is 12.1 Å². The third-order valence-electron chi connectivity index (χ3n) is 2.58. The molecule has 0 saturated heterocycles. The van der Waals surface area contributed by atoms with Gasteiger partial charge in [0.2, 0.25) is 0 Å². The number of aromatic hydroxyl groups is 1. The molecular weight excluding hydrogens is 236 g/mol. The van der Waals surface area contributed by atoms with Gasteiger partial charge >= 0.3 is 5.97 Å². The molecule has 5 nitrogen and oxygen atoms in total. The minimum absolute atomic E-state index is 0.0662. The maximum Gasteiger partial charge on any atom is 0.327 e. The summed E-state index contributed by atoms with van der Waals surface area (Å²) >= 11 is 0. The molecule has 1 aromatic carbocycles. The van der Waals surface area contributed by atoms with Gasteiger partial charge < -0.3 is 20.1 Å². The molecule has 0 aliphatic heterocycles. The van der Waals surface area contributed by atoms with Crippen LogP contribution in [0.5, 0.6) is 11.5 Å². The molecular formula is C13H16O5. The number of aliphatic hydroxyl groups is 1. The minimum atomic E-state index is -1.06. The molecule has 0 saturated carbocycles. The number of aliphatic carboxylic acids is 1. The lowest BCUT2D eigenvalue weighted by molar-refractivity contribution is -0.131. The molecule has 0 radical (unpaired) electrons. The molecule has 1 rings (SSSR count). The summed E-state index contributed by atoms with van der Waals surface area (Å²) in [6.45, 7) is 1.69. The number of carboxylic acid groups (broad SMARTS) is 1. The standard InChI is InChI=1S/C13H16O5/c1-8(3-6-12(15)16)13(17)9-4-5-11(18-2)10(14)7-9/h3-8,13-14,17H,1-2H3,(H,15,16)/b6-3+/t8-,13-/m1/s1. The zero-order chi connectivity index (χ0) is 13.7. The fourth-order valence-corrected chi connectivity index (χ4v) is 1.53. The van der Waals surface area contributed by atoms with E-state index in [1.165, 1.54) is 19.3 Å². The maximum absolute atomic E-state index is 10.4. The van der Waals surface area contributed by atoms with E-state index in [4.69, 9.17) is 9.84 Å². The van der Waals surface area contributed by atoms with E-state index in [2.05, 4.69) is 0 Å². The molecule has 0 amide bonds. The summed E-state index contributed by atoms with van der Waals surface area (Å²) in [5, 5.41) is 28.1. The third-order valence-corrected chi connectivity index (χ3v) is 2.58. The summed E-state index contributed by atoms with van der Waals surface area (Å²) in [6, 6.07) is 4.56. The van der Waals surface area contributed by atoms with Crippen molar-refractivity contribution in [2.45, 2.75) is 13.0 Å². The van der Waals surface area contributed by atoms with E-state index in [0.717, 1.165) is 6.08 Å². The summed E-state index contributed by atoms with van der Waals surface area (Å²) in [4.78, 5) is 10.4. The number of phenols is 1. The molecule has 2 atom stereocenters. The van der Waals surface area contributed by atoms with Crippen molar-refractivity contribution in [3.05, 3.63) is 35.9 Å². The van der Waals surface area contributed by atoms with Crippen molar-refractivity contribution in [1.29, 1.82) is 0 Å². The number of aliphatic hydroxyl groups excluding tert-OH is 1. The van der Waals surface area contributed by atoms with Gasteiger partial charge in [0, 0.05) is 12.0 Å². The van der Waals surface area contributed by atoms with Gasteiger partial charge in [-0.2, -0.15) is 0 Å². The SMILES string of the molecule is COc1ccc([C@H](O)[C@H](C)/C=C/C(=O)O)cc1O. The summed E-state index contributed by atoms with van der Waals surface area (Å²) in [7, 11) is 1.43. The number of hydrogen-bond donors (Lipinski definition) is 3.